The van der Waals surface area contributed by atoms with Crippen molar-refractivity contribution >= 4 is 16.9 Å². The predicted octanol–water partition coefficient (Wildman–Crippen LogP) is 0.773. The number of aryl methyl sites for hydroxylation is 2. The van der Waals surface area contributed by atoms with Crippen molar-refractivity contribution in [3.8, 4) is 0 Å². The van der Waals surface area contributed by atoms with Gasteiger partial charge in [0.1, 0.15) is 11.8 Å². The number of carboxylic acids is 1. The average Bonchev–Trinajstić information content (AvgIpc) is 2.15. The third-order valence-corrected chi connectivity index (χ3v) is 2.44. The van der Waals surface area contributed by atoms with Crippen molar-refractivity contribution in [3.63, 3.8) is 0 Å². The van der Waals surface area contributed by atoms with Crippen LogP contribution in [0.1, 0.15) is 21.5 Å². The molecule has 0 fully saturated rings. The number of benzene rings is 1. The van der Waals surface area contributed by atoms with Crippen LogP contribution in [0.4, 0.5) is 0 Å². The molecular formula is C12H9O4-. The molecule has 0 saturated carbocycles. The molecule has 4 heteroatoms. The summed E-state index contributed by atoms with van der Waals surface area (Å²) in [6, 6.07) is 3.50. The Morgan fingerprint density at radius 2 is 2.00 bits per heavy atom. The van der Waals surface area contributed by atoms with E-state index in [1.807, 2.05) is 6.92 Å². The van der Waals surface area contributed by atoms with Crippen LogP contribution in [-0.4, -0.2) is 5.97 Å². The van der Waals surface area contributed by atoms with Crippen molar-refractivity contribution in [1.29, 1.82) is 0 Å². The topological polar surface area (TPSA) is 70.3 Å². The van der Waals surface area contributed by atoms with E-state index in [1.165, 1.54) is 0 Å². The van der Waals surface area contributed by atoms with Crippen molar-refractivity contribution in [2.45, 2.75) is 13.8 Å². The van der Waals surface area contributed by atoms with Gasteiger partial charge in [-0.25, -0.2) is 0 Å². The minimum absolute atomic E-state index is 0.298. The quantitative estimate of drug-likeness (QED) is 0.707. The van der Waals surface area contributed by atoms with Crippen LogP contribution in [0.2, 0.25) is 0 Å². The van der Waals surface area contributed by atoms with Gasteiger partial charge >= 0.3 is 0 Å². The third kappa shape index (κ3) is 1.48. The van der Waals surface area contributed by atoms with Crippen LogP contribution >= 0.6 is 0 Å². The number of fused-ring (bicyclic) bond motifs is 1. The first-order valence-electron chi connectivity index (χ1n) is 4.75. The smallest absolute Gasteiger partial charge is 0.201 e. The van der Waals surface area contributed by atoms with E-state index in [4.69, 9.17) is 4.42 Å². The van der Waals surface area contributed by atoms with Gasteiger partial charge in [-0.2, -0.15) is 0 Å². The maximum atomic E-state index is 11.8. The van der Waals surface area contributed by atoms with Crippen LogP contribution in [-0.2, 0) is 0 Å². The highest BCUT2D eigenvalue weighted by atomic mass is 16.4. The number of hydrogen-bond acceptors (Lipinski definition) is 4. The zero-order valence-electron chi connectivity index (χ0n) is 8.87. The highest BCUT2D eigenvalue weighted by molar-refractivity contribution is 5.91. The van der Waals surface area contributed by atoms with Crippen LogP contribution < -0.4 is 10.5 Å². The first-order valence-corrected chi connectivity index (χ1v) is 4.75. The molecule has 0 saturated heterocycles. The lowest BCUT2D eigenvalue weighted by Gasteiger charge is -2.05. The molecule has 0 spiro atoms. The van der Waals surface area contributed by atoms with Crippen LogP contribution in [0.5, 0.6) is 0 Å². The van der Waals surface area contributed by atoms with Crippen LogP contribution in [0, 0.1) is 13.8 Å². The highest BCUT2D eigenvalue weighted by Crippen LogP contribution is 2.17. The molecule has 4 nitrogen and oxygen atoms in total. The van der Waals surface area contributed by atoms with E-state index in [0.717, 1.165) is 11.8 Å². The molecule has 0 aliphatic rings. The Morgan fingerprint density at radius 3 is 2.62 bits per heavy atom. The molecule has 0 bridgehead atoms. The van der Waals surface area contributed by atoms with E-state index in [0.29, 0.717) is 16.5 Å². The zero-order valence-corrected chi connectivity index (χ0v) is 8.87. The van der Waals surface area contributed by atoms with Gasteiger partial charge in [0.05, 0.1) is 16.9 Å². The van der Waals surface area contributed by atoms with Crippen molar-refractivity contribution in [1.82, 2.24) is 0 Å². The van der Waals surface area contributed by atoms with Gasteiger partial charge in [0.25, 0.3) is 0 Å². The molecule has 2 rings (SSSR count). The monoisotopic (exact) mass is 217 g/mol. The van der Waals surface area contributed by atoms with Gasteiger partial charge in [-0.3, -0.25) is 4.79 Å². The lowest BCUT2D eigenvalue weighted by Crippen LogP contribution is -2.28. The standard InChI is InChI=1S/C12H10O4/c1-6-3-7(2)10-9(4-6)16-5-8(11(10)13)12(14)15/h3-5H,1-2H3,(H,14,15)/p-1. The minimum atomic E-state index is -1.52. The van der Waals surface area contributed by atoms with Gasteiger partial charge in [-0.1, -0.05) is 6.07 Å². The fraction of sp³-hybridized carbons (Fsp3) is 0.167. The second-order valence-electron chi connectivity index (χ2n) is 3.72. The number of carbonyl (C=O) groups is 1. The van der Waals surface area contributed by atoms with Crippen molar-refractivity contribution < 1.29 is 14.3 Å². The van der Waals surface area contributed by atoms with Gasteiger partial charge < -0.3 is 14.3 Å². The highest BCUT2D eigenvalue weighted by Gasteiger charge is 2.10. The number of rotatable bonds is 1. The van der Waals surface area contributed by atoms with E-state index in [2.05, 4.69) is 0 Å². The second kappa shape index (κ2) is 3.48. The maximum Gasteiger partial charge on any atom is 0.201 e. The average molecular weight is 217 g/mol. The molecule has 0 atom stereocenters. The normalized spacial score (nSPS) is 10.6. The van der Waals surface area contributed by atoms with E-state index in [1.54, 1.807) is 19.1 Å². The van der Waals surface area contributed by atoms with E-state index >= 15 is 0 Å². The van der Waals surface area contributed by atoms with Crippen LogP contribution in [0.15, 0.2) is 27.6 Å². The van der Waals surface area contributed by atoms with Gasteiger partial charge in [-0.15, -0.1) is 0 Å². The van der Waals surface area contributed by atoms with E-state index in [9.17, 15) is 14.7 Å². The third-order valence-electron chi connectivity index (χ3n) is 2.44. The summed E-state index contributed by atoms with van der Waals surface area (Å²) in [7, 11) is 0. The summed E-state index contributed by atoms with van der Waals surface area (Å²) in [6.07, 6.45) is 0.929. The Balaban J connectivity index is 2.95. The summed E-state index contributed by atoms with van der Waals surface area (Å²) in [5.74, 6) is -1.52. The Hall–Kier alpha value is -2.10. The number of carboxylic acid groups (broad SMARTS) is 1. The van der Waals surface area contributed by atoms with Crippen molar-refractivity contribution in [3.05, 3.63) is 45.3 Å². The molecule has 0 radical (unpaired) electrons. The molecule has 0 aliphatic carbocycles. The lowest BCUT2D eigenvalue weighted by molar-refractivity contribution is -0.255. The molecule has 2 aromatic rings. The molecule has 0 aliphatic heterocycles. The Bertz CT molecular complexity index is 637. The first kappa shape index (κ1) is 10.4. The van der Waals surface area contributed by atoms with Crippen molar-refractivity contribution in [2.24, 2.45) is 0 Å². The lowest BCUT2D eigenvalue weighted by atomic mass is 10.1. The summed E-state index contributed by atoms with van der Waals surface area (Å²) in [5, 5.41) is 11.0. The maximum absolute atomic E-state index is 11.8. The molecule has 1 aromatic heterocycles. The largest absolute Gasteiger partial charge is 0.545 e. The van der Waals surface area contributed by atoms with Gasteiger partial charge in [0.2, 0.25) is 5.43 Å². The molecule has 0 amide bonds. The fourth-order valence-electron chi connectivity index (χ4n) is 1.76. The summed E-state index contributed by atoms with van der Waals surface area (Å²) >= 11 is 0. The van der Waals surface area contributed by atoms with Crippen LogP contribution in [0.25, 0.3) is 11.0 Å². The predicted molar refractivity (Wildman–Crippen MR) is 56.3 cm³/mol. The van der Waals surface area contributed by atoms with E-state index < -0.39 is 17.0 Å². The number of aromatic carboxylic acids is 1. The Labute approximate surface area is 91.1 Å². The van der Waals surface area contributed by atoms with Gasteiger partial charge in [-0.05, 0) is 31.0 Å². The first-order chi connectivity index (χ1) is 7.50. The Morgan fingerprint density at radius 1 is 1.31 bits per heavy atom. The van der Waals surface area contributed by atoms with Gasteiger partial charge in [0.15, 0.2) is 0 Å². The summed E-state index contributed by atoms with van der Waals surface area (Å²) in [4.78, 5) is 22.5. The molecule has 1 aromatic carbocycles. The summed E-state index contributed by atoms with van der Waals surface area (Å²) < 4.78 is 5.13. The Kier molecular flexibility index (Phi) is 2.27. The molecule has 1 heterocycles. The molecule has 0 N–H and O–H groups in total. The van der Waals surface area contributed by atoms with Crippen LogP contribution in [0.3, 0.4) is 0 Å². The molecule has 16 heavy (non-hydrogen) atoms. The van der Waals surface area contributed by atoms with Crippen molar-refractivity contribution in [2.75, 3.05) is 0 Å². The molecule has 82 valence electrons. The SMILES string of the molecule is Cc1cc(C)c2c(=O)c(C(=O)[O-])coc2c1. The second-order valence-corrected chi connectivity index (χ2v) is 3.72. The van der Waals surface area contributed by atoms with Gasteiger partial charge in [0, 0.05) is 0 Å². The number of carbonyl (C=O) groups excluding carboxylic acids is 1. The summed E-state index contributed by atoms with van der Waals surface area (Å²) in [5.41, 5.74) is 1.05. The molecular weight excluding hydrogens is 208 g/mol. The van der Waals surface area contributed by atoms with E-state index in [-0.39, 0.29) is 0 Å². The molecule has 0 unspecified atom stereocenters. The number of hydrogen-bond donors (Lipinski definition) is 0. The summed E-state index contributed by atoms with van der Waals surface area (Å²) in [6.45, 7) is 3.62. The minimum Gasteiger partial charge on any atom is -0.545 e. The zero-order chi connectivity index (χ0) is 11.9. The fourth-order valence-corrected chi connectivity index (χ4v) is 1.76.